The van der Waals surface area contributed by atoms with E-state index in [4.69, 9.17) is 9.47 Å². The van der Waals surface area contributed by atoms with E-state index in [9.17, 15) is 9.59 Å². The Morgan fingerprint density at radius 3 is 2.84 bits per heavy atom. The first-order valence-electron chi connectivity index (χ1n) is 13.5. The Hall–Kier alpha value is -3.37. The number of rotatable bonds is 7. The summed E-state index contributed by atoms with van der Waals surface area (Å²) in [5, 5.41) is 6.63. The molecule has 10 nitrogen and oxygen atoms in total. The molecule has 6 atom stereocenters. The molecule has 2 aromatic rings. The van der Waals surface area contributed by atoms with Gasteiger partial charge in [-0.15, -0.1) is 0 Å². The highest BCUT2D eigenvalue weighted by Crippen LogP contribution is 2.65. The van der Waals surface area contributed by atoms with E-state index in [1.807, 2.05) is 25.1 Å². The summed E-state index contributed by atoms with van der Waals surface area (Å²) in [7, 11) is 5.10. The number of hydrogen-bond acceptors (Lipinski definition) is 8. The normalized spacial score (nSPS) is 30.8. The molecule has 2 aliphatic heterocycles. The van der Waals surface area contributed by atoms with Gasteiger partial charge in [0.15, 0.2) is 11.6 Å². The predicted octanol–water partition coefficient (Wildman–Crippen LogP) is 2.73. The van der Waals surface area contributed by atoms with Gasteiger partial charge in [0.05, 0.1) is 30.9 Å². The molecule has 0 radical (unpaired) electrons. The Morgan fingerprint density at radius 2 is 2.08 bits per heavy atom. The number of nitrogens with zero attached hydrogens (tertiary/aromatic N) is 2. The van der Waals surface area contributed by atoms with Crippen molar-refractivity contribution >= 4 is 23.3 Å². The Bertz CT molecular complexity index is 1270. The molecule has 3 fully saturated rings. The molecule has 1 spiro atoms. The second kappa shape index (κ2) is 9.43. The van der Waals surface area contributed by atoms with Crippen molar-refractivity contribution in [1.82, 2.24) is 20.7 Å². The largest absolute Gasteiger partial charge is 0.497 e. The lowest BCUT2D eigenvalue weighted by molar-refractivity contribution is -0.118. The minimum atomic E-state index is -0.410. The van der Waals surface area contributed by atoms with Crippen LogP contribution in [0.1, 0.15) is 48.5 Å². The summed E-state index contributed by atoms with van der Waals surface area (Å²) in [5.74, 6) is 3.20. The fourth-order valence-corrected chi connectivity index (χ4v) is 6.86. The third-order valence-corrected chi connectivity index (χ3v) is 8.84. The second-order valence-electron chi connectivity index (χ2n) is 11.1. The lowest BCUT2D eigenvalue weighted by Crippen LogP contribution is -2.39. The van der Waals surface area contributed by atoms with Crippen molar-refractivity contribution in [2.45, 2.75) is 50.2 Å². The van der Waals surface area contributed by atoms with Gasteiger partial charge in [0, 0.05) is 37.9 Å². The van der Waals surface area contributed by atoms with Crippen LogP contribution in [0.4, 0.5) is 11.5 Å². The summed E-state index contributed by atoms with van der Waals surface area (Å²) in [6.45, 7) is 2.40. The number of amides is 2. The molecule has 38 heavy (non-hydrogen) atoms. The molecule has 10 heteroatoms. The third-order valence-electron chi connectivity index (χ3n) is 8.84. The zero-order valence-corrected chi connectivity index (χ0v) is 22.3. The number of pyridine rings is 1. The minimum Gasteiger partial charge on any atom is -0.497 e. The van der Waals surface area contributed by atoms with Crippen molar-refractivity contribution in [2.75, 3.05) is 38.4 Å². The molecule has 2 saturated carbocycles. The number of methoxy groups -OCH3 is 1. The van der Waals surface area contributed by atoms with E-state index >= 15 is 0 Å². The quantitative estimate of drug-likeness (QED) is 0.440. The van der Waals surface area contributed by atoms with E-state index in [2.05, 4.69) is 26.5 Å². The van der Waals surface area contributed by atoms with Gasteiger partial charge >= 0.3 is 0 Å². The van der Waals surface area contributed by atoms with Crippen LogP contribution in [0.3, 0.4) is 0 Å². The van der Waals surface area contributed by atoms with Crippen LogP contribution >= 0.6 is 0 Å². The van der Waals surface area contributed by atoms with Crippen molar-refractivity contribution in [3.05, 3.63) is 41.6 Å². The number of nitrogens with one attached hydrogen (secondary N) is 4. The van der Waals surface area contributed by atoms with Gasteiger partial charge in [0.25, 0.3) is 5.91 Å². The standard InChI is InChI=1S/C28H36N6O4/c1-5-38-23-11-16(26(35)34(2)3)14-29-25(23)31-24-18-8-6-15(10-22(18)32-33-24)20-13-28(20)19-12-17(37-4)7-9-21(19)30-27(28)36/h7,9,11-12,14-15,18,20,22,24,32-33H,5-6,8,10,13H2,1-4H3,(H,29,31)(H,30,36)/t15?,18?,20-,22?,24?,28-/m0/s1. The summed E-state index contributed by atoms with van der Waals surface area (Å²) in [5.41, 5.74) is 9.03. The molecule has 4 unspecified atom stereocenters. The maximum atomic E-state index is 13.1. The predicted molar refractivity (Wildman–Crippen MR) is 143 cm³/mol. The highest BCUT2D eigenvalue weighted by molar-refractivity contribution is 6.09. The number of aromatic nitrogens is 1. The molecule has 4 N–H and O–H groups in total. The first-order chi connectivity index (χ1) is 18.3. The summed E-state index contributed by atoms with van der Waals surface area (Å²) in [6, 6.07) is 7.95. The fraction of sp³-hybridized carbons (Fsp3) is 0.536. The fourth-order valence-electron chi connectivity index (χ4n) is 6.86. The molecule has 202 valence electrons. The van der Waals surface area contributed by atoms with E-state index in [-0.39, 0.29) is 18.0 Å². The van der Waals surface area contributed by atoms with Crippen LogP contribution in [-0.4, -0.2) is 61.7 Å². The summed E-state index contributed by atoms with van der Waals surface area (Å²) in [4.78, 5) is 31.6. The highest BCUT2D eigenvalue weighted by Gasteiger charge is 2.67. The number of hydrogen-bond donors (Lipinski definition) is 4. The van der Waals surface area contributed by atoms with Gasteiger partial charge < -0.3 is 25.0 Å². The molecule has 2 amide bonds. The van der Waals surface area contributed by atoms with Crippen LogP contribution in [0.25, 0.3) is 0 Å². The van der Waals surface area contributed by atoms with Crippen molar-refractivity contribution in [3.8, 4) is 11.5 Å². The van der Waals surface area contributed by atoms with Crippen molar-refractivity contribution in [2.24, 2.45) is 17.8 Å². The molecular weight excluding hydrogens is 484 g/mol. The van der Waals surface area contributed by atoms with Gasteiger partial charge in [-0.05, 0) is 74.3 Å². The number of fused-ring (bicyclic) bond motifs is 3. The third kappa shape index (κ3) is 3.97. The van der Waals surface area contributed by atoms with Crippen LogP contribution < -0.4 is 31.0 Å². The van der Waals surface area contributed by atoms with Crippen molar-refractivity contribution in [1.29, 1.82) is 0 Å². The molecular formula is C28H36N6O4. The Labute approximate surface area is 222 Å². The Balaban J connectivity index is 1.14. The summed E-state index contributed by atoms with van der Waals surface area (Å²) < 4.78 is 11.3. The first-order valence-corrected chi connectivity index (χ1v) is 13.5. The molecule has 1 saturated heterocycles. The maximum absolute atomic E-state index is 13.1. The van der Waals surface area contributed by atoms with Gasteiger partial charge in [-0.2, -0.15) is 0 Å². The van der Waals surface area contributed by atoms with Crippen LogP contribution in [-0.2, 0) is 10.2 Å². The van der Waals surface area contributed by atoms with Crippen LogP contribution in [0.2, 0.25) is 0 Å². The van der Waals surface area contributed by atoms with Crippen LogP contribution in [0.15, 0.2) is 30.5 Å². The zero-order chi connectivity index (χ0) is 26.6. The molecule has 1 aromatic carbocycles. The maximum Gasteiger partial charge on any atom is 0.255 e. The van der Waals surface area contributed by atoms with E-state index < -0.39 is 5.41 Å². The van der Waals surface area contributed by atoms with Crippen LogP contribution in [0.5, 0.6) is 11.5 Å². The van der Waals surface area contributed by atoms with Crippen molar-refractivity contribution in [3.63, 3.8) is 0 Å². The van der Waals surface area contributed by atoms with Crippen LogP contribution in [0, 0.1) is 17.8 Å². The summed E-state index contributed by atoms with van der Waals surface area (Å²) in [6.07, 6.45) is 5.59. The van der Waals surface area contributed by atoms with Gasteiger partial charge in [0.2, 0.25) is 5.91 Å². The molecule has 0 bridgehead atoms. The van der Waals surface area contributed by atoms with E-state index in [1.165, 1.54) is 4.90 Å². The molecule has 3 heterocycles. The van der Waals surface area contributed by atoms with Gasteiger partial charge in [-0.25, -0.2) is 10.4 Å². The number of hydrazine groups is 1. The van der Waals surface area contributed by atoms with E-state index in [0.29, 0.717) is 47.5 Å². The molecule has 1 aromatic heterocycles. The Morgan fingerprint density at radius 1 is 1.24 bits per heavy atom. The molecule has 4 aliphatic rings. The average Bonchev–Trinajstić information content (AvgIpc) is 3.47. The number of ether oxygens (including phenoxy) is 2. The van der Waals surface area contributed by atoms with Gasteiger partial charge in [0.1, 0.15) is 5.75 Å². The monoisotopic (exact) mass is 520 g/mol. The van der Waals surface area contributed by atoms with E-state index in [1.54, 1.807) is 33.5 Å². The van der Waals surface area contributed by atoms with Gasteiger partial charge in [-0.1, -0.05) is 0 Å². The van der Waals surface area contributed by atoms with E-state index in [0.717, 1.165) is 42.7 Å². The lowest BCUT2D eigenvalue weighted by Gasteiger charge is -2.34. The molecule has 6 rings (SSSR count). The molecule has 2 aliphatic carbocycles. The van der Waals surface area contributed by atoms with Gasteiger partial charge in [-0.3, -0.25) is 15.0 Å². The number of carbonyl (C=O) groups is 2. The number of benzene rings is 1. The highest BCUT2D eigenvalue weighted by atomic mass is 16.5. The second-order valence-corrected chi connectivity index (χ2v) is 11.1. The minimum absolute atomic E-state index is 0.0176. The number of anilines is 2. The lowest BCUT2D eigenvalue weighted by atomic mass is 9.74. The number of carbonyl (C=O) groups excluding carboxylic acids is 2. The Kier molecular flexibility index (Phi) is 6.19. The average molecular weight is 521 g/mol. The summed E-state index contributed by atoms with van der Waals surface area (Å²) >= 11 is 0. The smallest absolute Gasteiger partial charge is 0.255 e. The first kappa shape index (κ1) is 24.9. The van der Waals surface area contributed by atoms with Crippen molar-refractivity contribution < 1.29 is 19.1 Å². The zero-order valence-electron chi connectivity index (χ0n) is 22.3. The topological polar surface area (TPSA) is 117 Å². The SMILES string of the molecule is CCOc1cc(C(=O)N(C)C)cnc1NC1NNC2CC([C@@H]3C[C@@]34C(=O)Nc3ccc(OC)cc34)CCC21.